The minimum Gasteiger partial charge on any atom is -0.350 e. The molecule has 2 aromatic heterocycles. The molecule has 0 unspecified atom stereocenters. The number of benzene rings is 2. The molecule has 116 valence electrons. The molecule has 5 heteroatoms. The monoisotopic (exact) mass is 325 g/mol. The van der Waals surface area contributed by atoms with Gasteiger partial charge < -0.3 is 15.3 Å². The summed E-state index contributed by atoms with van der Waals surface area (Å²) in [6.45, 7) is 1.17. The topological polar surface area (TPSA) is 63.8 Å². The number of aromatic nitrogens is 2. The number of nitrogens with two attached hydrogens (primary N) is 1. The van der Waals surface area contributed by atoms with E-state index in [1.54, 1.807) is 0 Å². The first-order valence-corrected chi connectivity index (χ1v) is 8.01. The van der Waals surface area contributed by atoms with Gasteiger partial charge in [0.15, 0.2) is 0 Å². The first-order chi connectivity index (χ1) is 11.2. The third-order valence-corrected chi connectivity index (χ3v) is 4.50. The Bertz CT molecular complexity index is 1090. The SMILES string of the molecule is NCCCn1c(=O)c2[nH]c3ccc(Cl)cc3c2c2ccccc21. The molecule has 4 rings (SSSR count). The van der Waals surface area contributed by atoms with Crippen molar-refractivity contribution < 1.29 is 0 Å². The molecule has 3 N–H and O–H groups in total. The summed E-state index contributed by atoms with van der Waals surface area (Å²) in [6, 6.07) is 13.6. The molecule has 4 aromatic rings. The number of aryl methyl sites for hydroxylation is 1. The van der Waals surface area contributed by atoms with Crippen LogP contribution in [0.4, 0.5) is 0 Å². The first kappa shape index (κ1) is 14.3. The Morgan fingerprint density at radius 1 is 1.13 bits per heavy atom. The highest BCUT2D eigenvalue weighted by Gasteiger charge is 2.15. The van der Waals surface area contributed by atoms with Crippen LogP contribution in [0.2, 0.25) is 5.02 Å². The lowest BCUT2D eigenvalue weighted by atomic mass is 10.1. The number of aromatic amines is 1. The van der Waals surface area contributed by atoms with Crippen LogP contribution in [0.3, 0.4) is 0 Å². The van der Waals surface area contributed by atoms with Crippen molar-refractivity contribution in [1.29, 1.82) is 0 Å². The summed E-state index contributed by atoms with van der Waals surface area (Å²) >= 11 is 6.16. The second-order valence-electron chi connectivity index (χ2n) is 5.68. The van der Waals surface area contributed by atoms with E-state index in [0.717, 1.165) is 33.6 Å². The highest BCUT2D eigenvalue weighted by molar-refractivity contribution is 6.32. The zero-order valence-corrected chi connectivity index (χ0v) is 13.2. The molecule has 4 nitrogen and oxygen atoms in total. The van der Waals surface area contributed by atoms with Crippen LogP contribution in [0.1, 0.15) is 6.42 Å². The lowest BCUT2D eigenvalue weighted by Crippen LogP contribution is -2.22. The summed E-state index contributed by atoms with van der Waals surface area (Å²) in [4.78, 5) is 16.2. The van der Waals surface area contributed by atoms with Crippen molar-refractivity contribution in [2.24, 2.45) is 5.73 Å². The number of H-pyrrole nitrogens is 1. The van der Waals surface area contributed by atoms with E-state index >= 15 is 0 Å². The number of rotatable bonds is 3. The van der Waals surface area contributed by atoms with Gasteiger partial charge in [-0.2, -0.15) is 0 Å². The summed E-state index contributed by atoms with van der Waals surface area (Å²) in [7, 11) is 0. The molecule has 0 saturated carbocycles. The number of para-hydroxylation sites is 1. The van der Waals surface area contributed by atoms with Crippen molar-refractivity contribution in [3.63, 3.8) is 0 Å². The number of nitrogens with zero attached hydrogens (tertiary/aromatic N) is 1. The van der Waals surface area contributed by atoms with Gasteiger partial charge in [0.05, 0.1) is 5.52 Å². The van der Waals surface area contributed by atoms with Crippen LogP contribution < -0.4 is 11.3 Å². The molecule has 0 radical (unpaired) electrons. The van der Waals surface area contributed by atoms with Crippen LogP contribution >= 0.6 is 11.6 Å². The fourth-order valence-corrected chi connectivity index (χ4v) is 3.41. The minimum absolute atomic E-state index is 0.0144. The predicted molar refractivity (Wildman–Crippen MR) is 96.3 cm³/mol. The molecule has 0 bridgehead atoms. The normalized spacial score (nSPS) is 11.7. The van der Waals surface area contributed by atoms with E-state index in [0.29, 0.717) is 23.6 Å². The van der Waals surface area contributed by atoms with Crippen molar-refractivity contribution >= 4 is 44.3 Å². The van der Waals surface area contributed by atoms with Crippen molar-refractivity contribution in [2.75, 3.05) is 6.54 Å². The van der Waals surface area contributed by atoms with E-state index < -0.39 is 0 Å². The van der Waals surface area contributed by atoms with Gasteiger partial charge in [0.1, 0.15) is 5.52 Å². The molecule has 23 heavy (non-hydrogen) atoms. The lowest BCUT2D eigenvalue weighted by molar-refractivity contribution is 0.653. The second-order valence-corrected chi connectivity index (χ2v) is 6.12. The summed E-state index contributed by atoms with van der Waals surface area (Å²) in [5.74, 6) is 0. The van der Waals surface area contributed by atoms with Crippen LogP contribution in [0.25, 0.3) is 32.7 Å². The molecule has 0 spiro atoms. The third kappa shape index (κ3) is 2.14. The summed E-state index contributed by atoms with van der Waals surface area (Å²) in [6.07, 6.45) is 0.765. The molecule has 0 atom stereocenters. The molecule has 0 aliphatic rings. The second kappa shape index (κ2) is 5.41. The fourth-order valence-electron chi connectivity index (χ4n) is 3.24. The maximum absolute atomic E-state index is 13.0. The maximum atomic E-state index is 13.0. The Balaban J connectivity index is 2.22. The Morgan fingerprint density at radius 3 is 2.78 bits per heavy atom. The van der Waals surface area contributed by atoms with Crippen molar-refractivity contribution in [3.8, 4) is 0 Å². The number of halogens is 1. The number of hydrogen-bond acceptors (Lipinski definition) is 2. The van der Waals surface area contributed by atoms with Gasteiger partial charge in [-0.1, -0.05) is 29.8 Å². The Morgan fingerprint density at radius 2 is 1.96 bits per heavy atom. The molecule has 0 saturated heterocycles. The van der Waals surface area contributed by atoms with E-state index in [9.17, 15) is 4.79 Å². The molecule has 2 heterocycles. The van der Waals surface area contributed by atoms with E-state index in [4.69, 9.17) is 17.3 Å². The van der Waals surface area contributed by atoms with Crippen molar-refractivity contribution in [1.82, 2.24) is 9.55 Å². The summed E-state index contributed by atoms with van der Waals surface area (Å²) in [5, 5.41) is 3.63. The van der Waals surface area contributed by atoms with Gasteiger partial charge in [-0.15, -0.1) is 0 Å². The number of hydrogen-bond donors (Lipinski definition) is 2. The van der Waals surface area contributed by atoms with Gasteiger partial charge in [0, 0.05) is 33.2 Å². The van der Waals surface area contributed by atoms with Crippen molar-refractivity contribution in [2.45, 2.75) is 13.0 Å². The maximum Gasteiger partial charge on any atom is 0.275 e. The van der Waals surface area contributed by atoms with Gasteiger partial charge in [-0.05, 0) is 37.2 Å². The largest absolute Gasteiger partial charge is 0.350 e. The van der Waals surface area contributed by atoms with E-state index in [1.165, 1.54) is 0 Å². The summed E-state index contributed by atoms with van der Waals surface area (Å²) < 4.78 is 1.81. The predicted octanol–water partition coefficient (Wildman–Crippen LogP) is 3.64. The zero-order chi connectivity index (χ0) is 16.0. The Kier molecular flexibility index (Phi) is 3.36. The number of fused-ring (bicyclic) bond motifs is 5. The van der Waals surface area contributed by atoms with Crippen LogP contribution in [-0.2, 0) is 6.54 Å². The van der Waals surface area contributed by atoms with Gasteiger partial charge in [-0.3, -0.25) is 4.79 Å². The fraction of sp³-hybridized carbons (Fsp3) is 0.167. The molecular formula is C18H16ClN3O. The smallest absolute Gasteiger partial charge is 0.275 e. The van der Waals surface area contributed by atoms with Gasteiger partial charge in [0.25, 0.3) is 5.56 Å². The van der Waals surface area contributed by atoms with Gasteiger partial charge in [0.2, 0.25) is 0 Å². The Labute approximate surface area is 137 Å². The highest BCUT2D eigenvalue weighted by atomic mass is 35.5. The van der Waals surface area contributed by atoms with E-state index in [1.807, 2.05) is 47.0 Å². The van der Waals surface area contributed by atoms with Crippen LogP contribution in [0, 0.1) is 0 Å². The van der Waals surface area contributed by atoms with E-state index in [-0.39, 0.29) is 5.56 Å². The quantitative estimate of drug-likeness (QED) is 0.604. The average Bonchev–Trinajstić information content (AvgIpc) is 2.94. The van der Waals surface area contributed by atoms with Crippen molar-refractivity contribution in [3.05, 3.63) is 57.8 Å². The molecule has 0 fully saturated rings. The Hall–Kier alpha value is -2.30. The number of nitrogens with one attached hydrogen (secondary N) is 1. The third-order valence-electron chi connectivity index (χ3n) is 4.27. The van der Waals surface area contributed by atoms with E-state index in [2.05, 4.69) is 4.98 Å². The number of pyridine rings is 1. The van der Waals surface area contributed by atoms with Crippen LogP contribution in [0.15, 0.2) is 47.3 Å². The lowest BCUT2D eigenvalue weighted by Gasteiger charge is -2.11. The zero-order valence-electron chi connectivity index (χ0n) is 12.5. The van der Waals surface area contributed by atoms with Gasteiger partial charge in [-0.25, -0.2) is 0 Å². The van der Waals surface area contributed by atoms with Crippen LogP contribution in [0.5, 0.6) is 0 Å². The minimum atomic E-state index is -0.0144. The first-order valence-electron chi connectivity index (χ1n) is 7.63. The molecule has 0 aliphatic carbocycles. The highest BCUT2D eigenvalue weighted by Crippen LogP contribution is 2.31. The summed E-state index contributed by atoms with van der Waals surface area (Å²) in [5.41, 5.74) is 8.08. The molecule has 0 amide bonds. The van der Waals surface area contributed by atoms with Gasteiger partial charge >= 0.3 is 0 Å². The standard InChI is InChI=1S/C18H16ClN3O/c19-11-6-7-14-13(10-11)16-12-4-1-2-5-15(12)22(9-3-8-20)18(23)17(16)21-14/h1-2,4-7,10,21H,3,8-9,20H2. The average molecular weight is 326 g/mol. The molecule has 0 aliphatic heterocycles. The van der Waals surface area contributed by atoms with Crippen LogP contribution in [-0.4, -0.2) is 16.1 Å². The molecular weight excluding hydrogens is 310 g/mol. The molecule has 2 aromatic carbocycles.